The number of hydrogen-bond donors (Lipinski definition) is 1. The lowest BCUT2D eigenvalue weighted by Crippen LogP contribution is -2.39. The number of rotatable bonds is 0. The van der Waals surface area contributed by atoms with Gasteiger partial charge in [0, 0.05) is 22.6 Å². The van der Waals surface area contributed by atoms with Crippen molar-refractivity contribution in [2.45, 2.75) is 26.7 Å². The van der Waals surface area contributed by atoms with Gasteiger partial charge in [-0.05, 0) is 26.7 Å². The van der Waals surface area contributed by atoms with Crippen molar-refractivity contribution in [3.05, 3.63) is 51.6 Å². The van der Waals surface area contributed by atoms with Gasteiger partial charge in [-0.25, -0.2) is 0 Å². The first-order valence-corrected chi connectivity index (χ1v) is 8.46. The van der Waals surface area contributed by atoms with E-state index >= 15 is 0 Å². The number of benzene rings is 2. The number of halogens is 1. The zero-order chi connectivity index (χ0) is 17.2. The van der Waals surface area contributed by atoms with Crippen LogP contribution in [0.4, 0.5) is 0 Å². The number of carbonyl (C=O) groups is 2. The van der Waals surface area contributed by atoms with Crippen molar-refractivity contribution in [1.82, 2.24) is 0 Å². The standard InChI is InChI=1S/C20H17ClO3/c1-9-7-13-14(8-10(9)2)20(24)16-15(19(13)23)17(21)11-5-3-4-6-12(11)18(16)22/h3-6,13-14,22H,7-8H2,1-2H3/t13-,14-/m0/s1. The summed E-state index contributed by atoms with van der Waals surface area (Å²) in [6.45, 7) is 4.02. The zero-order valence-electron chi connectivity index (χ0n) is 13.5. The van der Waals surface area contributed by atoms with Crippen molar-refractivity contribution in [1.29, 1.82) is 0 Å². The Morgan fingerprint density at radius 1 is 0.917 bits per heavy atom. The maximum absolute atomic E-state index is 13.1. The van der Waals surface area contributed by atoms with Crippen LogP contribution in [0.3, 0.4) is 0 Å². The Kier molecular flexibility index (Phi) is 3.33. The highest BCUT2D eigenvalue weighted by Gasteiger charge is 2.46. The van der Waals surface area contributed by atoms with Gasteiger partial charge in [0.2, 0.25) is 0 Å². The van der Waals surface area contributed by atoms with Crippen LogP contribution in [0.5, 0.6) is 5.75 Å². The molecule has 0 amide bonds. The number of fused-ring (bicyclic) bond motifs is 3. The van der Waals surface area contributed by atoms with Gasteiger partial charge in [-0.2, -0.15) is 0 Å². The van der Waals surface area contributed by atoms with Crippen molar-refractivity contribution in [3.8, 4) is 5.75 Å². The van der Waals surface area contributed by atoms with Gasteiger partial charge >= 0.3 is 0 Å². The Morgan fingerprint density at radius 2 is 1.42 bits per heavy atom. The lowest BCUT2D eigenvalue weighted by Gasteiger charge is -2.36. The second-order valence-electron chi connectivity index (χ2n) is 6.87. The number of carbonyl (C=O) groups excluding carboxylic acids is 2. The first-order valence-electron chi connectivity index (χ1n) is 8.08. The highest BCUT2D eigenvalue weighted by atomic mass is 35.5. The van der Waals surface area contributed by atoms with Crippen LogP contribution >= 0.6 is 11.6 Å². The summed E-state index contributed by atoms with van der Waals surface area (Å²) in [5.74, 6) is -1.16. The SMILES string of the molecule is CC1=C(C)C[C@@H]2C(=O)c3c(c(O)c4ccccc4c3Cl)C(=O)[C@H]2C1. The van der Waals surface area contributed by atoms with Gasteiger partial charge in [0.1, 0.15) is 5.75 Å². The van der Waals surface area contributed by atoms with Crippen molar-refractivity contribution in [2.24, 2.45) is 11.8 Å². The fourth-order valence-corrected chi connectivity index (χ4v) is 4.42. The van der Waals surface area contributed by atoms with E-state index in [-0.39, 0.29) is 39.4 Å². The molecular weight excluding hydrogens is 324 g/mol. The van der Waals surface area contributed by atoms with Crippen LogP contribution in [0, 0.1) is 11.8 Å². The third-order valence-electron chi connectivity index (χ3n) is 5.56. The fraction of sp³-hybridized carbons (Fsp3) is 0.300. The Labute approximate surface area is 144 Å². The molecule has 0 radical (unpaired) electrons. The van der Waals surface area contributed by atoms with Crippen LogP contribution in [0.25, 0.3) is 10.8 Å². The molecule has 4 heteroatoms. The maximum Gasteiger partial charge on any atom is 0.171 e. The first-order chi connectivity index (χ1) is 11.4. The predicted octanol–water partition coefficient (Wildman–Crippen LogP) is 4.94. The molecule has 0 spiro atoms. The molecule has 0 bridgehead atoms. The molecular formula is C20H17ClO3. The Bertz CT molecular complexity index is 879. The van der Waals surface area contributed by atoms with E-state index in [4.69, 9.17) is 11.6 Å². The smallest absolute Gasteiger partial charge is 0.171 e. The summed E-state index contributed by atoms with van der Waals surface area (Å²) < 4.78 is 0. The minimum atomic E-state index is -0.392. The third-order valence-corrected chi connectivity index (χ3v) is 5.95. The lowest BCUT2D eigenvalue weighted by atomic mass is 9.65. The zero-order valence-corrected chi connectivity index (χ0v) is 14.3. The lowest BCUT2D eigenvalue weighted by molar-refractivity contribution is 0.0719. The molecule has 24 heavy (non-hydrogen) atoms. The average Bonchev–Trinajstić information content (AvgIpc) is 2.57. The molecule has 2 aromatic carbocycles. The summed E-state index contributed by atoms with van der Waals surface area (Å²) in [6, 6.07) is 7.06. The summed E-state index contributed by atoms with van der Waals surface area (Å²) in [5.41, 5.74) is 2.64. The molecule has 2 aliphatic rings. The summed E-state index contributed by atoms with van der Waals surface area (Å²) in [6.07, 6.45) is 1.16. The molecule has 0 saturated carbocycles. The van der Waals surface area contributed by atoms with Crippen LogP contribution in [-0.4, -0.2) is 16.7 Å². The summed E-state index contributed by atoms with van der Waals surface area (Å²) in [7, 11) is 0. The molecule has 122 valence electrons. The molecule has 0 saturated heterocycles. The predicted molar refractivity (Wildman–Crippen MR) is 93.9 cm³/mol. The summed E-state index contributed by atoms with van der Waals surface area (Å²) >= 11 is 6.49. The molecule has 1 N–H and O–H groups in total. The van der Waals surface area contributed by atoms with E-state index in [1.54, 1.807) is 24.3 Å². The Hall–Kier alpha value is -2.13. The van der Waals surface area contributed by atoms with Gasteiger partial charge in [-0.3, -0.25) is 9.59 Å². The molecule has 3 nitrogen and oxygen atoms in total. The van der Waals surface area contributed by atoms with Crippen LogP contribution in [0.15, 0.2) is 35.4 Å². The topological polar surface area (TPSA) is 54.4 Å². The van der Waals surface area contributed by atoms with Crippen LogP contribution in [0.2, 0.25) is 5.02 Å². The number of hydrogen-bond acceptors (Lipinski definition) is 3. The fourth-order valence-electron chi connectivity index (χ4n) is 4.06. The van der Waals surface area contributed by atoms with Gasteiger partial charge in [0.05, 0.1) is 16.1 Å². The quantitative estimate of drug-likeness (QED) is 0.691. The highest BCUT2D eigenvalue weighted by Crippen LogP contribution is 2.48. The van der Waals surface area contributed by atoms with E-state index in [1.807, 2.05) is 13.8 Å². The van der Waals surface area contributed by atoms with E-state index < -0.39 is 5.92 Å². The molecule has 0 fully saturated rings. The summed E-state index contributed by atoms with van der Waals surface area (Å²) in [5, 5.41) is 12.1. The molecule has 0 aliphatic heterocycles. The number of allylic oxidation sites excluding steroid dienone is 2. The number of ketones is 2. The van der Waals surface area contributed by atoms with Crippen molar-refractivity contribution >= 4 is 33.9 Å². The van der Waals surface area contributed by atoms with Crippen LogP contribution < -0.4 is 0 Å². The van der Waals surface area contributed by atoms with Gasteiger partial charge in [0.15, 0.2) is 11.6 Å². The second kappa shape index (κ2) is 5.18. The molecule has 0 unspecified atom stereocenters. The van der Waals surface area contributed by atoms with Crippen molar-refractivity contribution in [3.63, 3.8) is 0 Å². The van der Waals surface area contributed by atoms with Gasteiger partial charge < -0.3 is 5.11 Å². The average molecular weight is 341 g/mol. The number of phenols is 1. The number of phenolic OH excluding ortho intramolecular Hbond substituents is 1. The molecule has 0 heterocycles. The Balaban J connectivity index is 2.03. The normalized spacial score (nSPS) is 23.5. The van der Waals surface area contributed by atoms with Gasteiger partial charge in [-0.15, -0.1) is 0 Å². The maximum atomic E-state index is 13.1. The second-order valence-corrected chi connectivity index (χ2v) is 7.25. The minimum absolute atomic E-state index is 0.109. The van der Waals surface area contributed by atoms with E-state index in [0.717, 1.165) is 5.57 Å². The van der Waals surface area contributed by atoms with E-state index in [1.165, 1.54) is 5.57 Å². The van der Waals surface area contributed by atoms with Crippen LogP contribution in [0.1, 0.15) is 47.4 Å². The van der Waals surface area contributed by atoms with E-state index in [9.17, 15) is 14.7 Å². The number of aromatic hydroxyl groups is 1. The molecule has 2 aromatic rings. The monoisotopic (exact) mass is 340 g/mol. The van der Waals surface area contributed by atoms with E-state index in [2.05, 4.69) is 0 Å². The molecule has 4 rings (SSSR count). The van der Waals surface area contributed by atoms with Gasteiger partial charge in [0.25, 0.3) is 0 Å². The first kappa shape index (κ1) is 15.4. The van der Waals surface area contributed by atoms with E-state index in [0.29, 0.717) is 23.6 Å². The largest absolute Gasteiger partial charge is 0.507 e. The number of Topliss-reactive ketones (excluding diaryl/α,β-unsaturated/α-hetero) is 2. The van der Waals surface area contributed by atoms with Crippen LogP contribution in [-0.2, 0) is 0 Å². The minimum Gasteiger partial charge on any atom is -0.507 e. The van der Waals surface area contributed by atoms with Crippen molar-refractivity contribution in [2.75, 3.05) is 0 Å². The molecule has 2 aliphatic carbocycles. The highest BCUT2D eigenvalue weighted by molar-refractivity contribution is 6.41. The molecule has 0 aromatic heterocycles. The van der Waals surface area contributed by atoms with Crippen molar-refractivity contribution < 1.29 is 14.7 Å². The molecule has 2 atom stereocenters. The third kappa shape index (κ3) is 1.91. The van der Waals surface area contributed by atoms with Gasteiger partial charge in [-0.1, -0.05) is 47.0 Å². The summed E-state index contributed by atoms with van der Waals surface area (Å²) in [4.78, 5) is 26.2. The Morgan fingerprint density at radius 3 is 2.00 bits per heavy atom.